The lowest BCUT2D eigenvalue weighted by atomic mass is 10.2. The van der Waals surface area contributed by atoms with Crippen LogP contribution < -0.4 is 10.0 Å². The van der Waals surface area contributed by atoms with Crippen LogP contribution in [0.5, 0.6) is 0 Å². The van der Waals surface area contributed by atoms with E-state index in [0.29, 0.717) is 0 Å². The van der Waals surface area contributed by atoms with Crippen LogP contribution >= 0.6 is 0 Å². The first-order valence-electron chi connectivity index (χ1n) is 8.48. The summed E-state index contributed by atoms with van der Waals surface area (Å²) in [6.07, 6.45) is 2.84. The van der Waals surface area contributed by atoms with Crippen molar-refractivity contribution in [3.63, 3.8) is 0 Å². The minimum absolute atomic E-state index is 0.0839. The highest BCUT2D eigenvalue weighted by molar-refractivity contribution is 7.89. The molecular formula is C17H23FN2O5S. The Morgan fingerprint density at radius 3 is 2.42 bits per heavy atom. The fourth-order valence-corrected chi connectivity index (χ4v) is 4.00. The number of carbonyl (C=O) groups is 2. The summed E-state index contributed by atoms with van der Waals surface area (Å²) < 4.78 is 45.1. The molecule has 2 N–H and O–H groups in total. The molecule has 2 rings (SSSR count). The van der Waals surface area contributed by atoms with Gasteiger partial charge in [0, 0.05) is 6.04 Å². The zero-order chi connectivity index (χ0) is 19.3. The van der Waals surface area contributed by atoms with Gasteiger partial charge in [-0.15, -0.1) is 0 Å². The van der Waals surface area contributed by atoms with Crippen LogP contribution in [0.1, 0.15) is 39.5 Å². The molecule has 0 aromatic heterocycles. The number of ether oxygens (including phenoxy) is 1. The van der Waals surface area contributed by atoms with Gasteiger partial charge in [0.05, 0.1) is 0 Å². The van der Waals surface area contributed by atoms with Crippen molar-refractivity contribution >= 4 is 21.9 Å². The summed E-state index contributed by atoms with van der Waals surface area (Å²) in [5.41, 5.74) is 0. The summed E-state index contributed by atoms with van der Waals surface area (Å²) in [5, 5.41) is 2.80. The van der Waals surface area contributed by atoms with Gasteiger partial charge in [-0.05, 0) is 38.8 Å². The van der Waals surface area contributed by atoms with E-state index in [1.165, 1.54) is 26.0 Å². The van der Waals surface area contributed by atoms with E-state index >= 15 is 0 Å². The molecule has 1 saturated carbocycles. The Hall–Kier alpha value is -2.00. The molecule has 0 heterocycles. The highest BCUT2D eigenvalue weighted by atomic mass is 32.2. The molecule has 7 nitrogen and oxygen atoms in total. The largest absolute Gasteiger partial charge is 0.451 e. The van der Waals surface area contributed by atoms with Crippen LogP contribution in [0.3, 0.4) is 0 Å². The average molecular weight is 386 g/mol. The zero-order valence-corrected chi connectivity index (χ0v) is 15.5. The molecule has 0 aliphatic heterocycles. The third kappa shape index (κ3) is 5.25. The maximum Gasteiger partial charge on any atom is 0.324 e. The number of rotatable bonds is 7. The van der Waals surface area contributed by atoms with E-state index in [1.54, 1.807) is 0 Å². The van der Waals surface area contributed by atoms with Gasteiger partial charge in [-0.1, -0.05) is 25.0 Å². The summed E-state index contributed by atoms with van der Waals surface area (Å²) in [4.78, 5) is 23.5. The number of amides is 1. The quantitative estimate of drug-likeness (QED) is 0.691. The number of carbonyl (C=O) groups excluding carboxylic acids is 2. The van der Waals surface area contributed by atoms with Gasteiger partial charge >= 0.3 is 5.97 Å². The van der Waals surface area contributed by atoms with Crippen molar-refractivity contribution in [2.45, 2.75) is 62.6 Å². The fraction of sp³-hybridized carbons (Fsp3) is 0.529. The summed E-state index contributed by atoms with van der Waals surface area (Å²) >= 11 is 0. The van der Waals surface area contributed by atoms with Crippen LogP contribution in [0.2, 0.25) is 0 Å². The molecule has 0 bridgehead atoms. The van der Waals surface area contributed by atoms with E-state index in [1.807, 2.05) is 0 Å². The molecule has 9 heteroatoms. The lowest BCUT2D eigenvalue weighted by Gasteiger charge is -2.19. The minimum atomic E-state index is -4.24. The normalized spacial score (nSPS) is 17.5. The summed E-state index contributed by atoms with van der Waals surface area (Å²) in [7, 11) is -4.24. The molecule has 1 aromatic rings. The van der Waals surface area contributed by atoms with E-state index in [-0.39, 0.29) is 6.04 Å². The number of halogens is 1. The number of benzene rings is 1. The summed E-state index contributed by atoms with van der Waals surface area (Å²) in [5.74, 6) is -2.27. The summed E-state index contributed by atoms with van der Waals surface area (Å²) in [6, 6.07) is 3.63. The lowest BCUT2D eigenvalue weighted by Crippen LogP contribution is -2.45. The molecule has 0 radical (unpaired) electrons. The molecule has 0 spiro atoms. The molecule has 1 fully saturated rings. The second-order valence-electron chi connectivity index (χ2n) is 6.34. The summed E-state index contributed by atoms with van der Waals surface area (Å²) in [6.45, 7) is 2.68. The Labute approximate surface area is 152 Å². The third-order valence-electron chi connectivity index (χ3n) is 4.18. The van der Waals surface area contributed by atoms with E-state index in [9.17, 15) is 22.4 Å². The van der Waals surface area contributed by atoms with Gasteiger partial charge in [0.15, 0.2) is 6.10 Å². The van der Waals surface area contributed by atoms with Crippen molar-refractivity contribution in [1.29, 1.82) is 0 Å². The van der Waals surface area contributed by atoms with Crippen LogP contribution in [0.15, 0.2) is 29.2 Å². The van der Waals surface area contributed by atoms with Gasteiger partial charge in [0.1, 0.15) is 16.8 Å². The van der Waals surface area contributed by atoms with E-state index < -0.39 is 44.8 Å². The number of esters is 1. The Balaban J connectivity index is 1.92. The Morgan fingerprint density at radius 1 is 1.19 bits per heavy atom. The van der Waals surface area contributed by atoms with E-state index in [0.717, 1.165) is 37.8 Å². The first-order chi connectivity index (χ1) is 12.2. The van der Waals surface area contributed by atoms with Crippen LogP contribution in [0.25, 0.3) is 0 Å². The van der Waals surface area contributed by atoms with E-state index in [4.69, 9.17) is 4.74 Å². The van der Waals surface area contributed by atoms with Gasteiger partial charge < -0.3 is 10.1 Å². The molecule has 2 unspecified atom stereocenters. The molecule has 0 saturated heterocycles. The van der Waals surface area contributed by atoms with Crippen molar-refractivity contribution in [1.82, 2.24) is 10.0 Å². The highest BCUT2D eigenvalue weighted by Gasteiger charge is 2.28. The molecule has 1 aliphatic rings. The molecule has 1 amide bonds. The van der Waals surface area contributed by atoms with Crippen LogP contribution in [0, 0.1) is 5.82 Å². The average Bonchev–Trinajstić information content (AvgIpc) is 3.07. The van der Waals surface area contributed by atoms with Crippen molar-refractivity contribution in [2.24, 2.45) is 0 Å². The Kier molecular flexibility index (Phi) is 6.71. The second-order valence-corrected chi connectivity index (χ2v) is 8.02. The Bertz CT molecular complexity index is 762. The number of nitrogens with one attached hydrogen (secondary N) is 2. The standard InChI is InChI=1S/C17H23FN2O5S/c1-11(20-26(23,24)15-10-6-5-9-14(15)18)17(22)25-12(2)16(21)19-13-7-3-4-8-13/h5-6,9-13,20H,3-4,7-8H2,1-2H3,(H,19,21). The molecule has 1 aromatic carbocycles. The van der Waals surface area contributed by atoms with E-state index in [2.05, 4.69) is 10.0 Å². The molecule has 2 atom stereocenters. The van der Waals surface area contributed by atoms with Crippen molar-refractivity contribution in [3.05, 3.63) is 30.1 Å². The zero-order valence-electron chi connectivity index (χ0n) is 14.7. The van der Waals surface area contributed by atoms with Gasteiger partial charge in [-0.3, -0.25) is 9.59 Å². The predicted octanol–water partition coefficient (Wildman–Crippen LogP) is 1.48. The molecule has 144 valence electrons. The first-order valence-corrected chi connectivity index (χ1v) is 9.97. The molecule has 26 heavy (non-hydrogen) atoms. The smallest absolute Gasteiger partial charge is 0.324 e. The second kappa shape index (κ2) is 8.59. The fourth-order valence-electron chi connectivity index (χ4n) is 2.73. The molecule has 1 aliphatic carbocycles. The third-order valence-corrected chi connectivity index (χ3v) is 5.75. The predicted molar refractivity (Wildman–Crippen MR) is 92.1 cm³/mol. The SMILES string of the molecule is CC(NS(=O)(=O)c1ccccc1F)C(=O)OC(C)C(=O)NC1CCCC1. The van der Waals surface area contributed by atoms with Crippen LogP contribution in [-0.2, 0) is 24.3 Å². The van der Waals surface area contributed by atoms with Crippen molar-refractivity contribution in [2.75, 3.05) is 0 Å². The van der Waals surface area contributed by atoms with Crippen LogP contribution in [-0.4, -0.2) is 38.5 Å². The number of hydrogen-bond donors (Lipinski definition) is 2. The van der Waals surface area contributed by atoms with Gasteiger partial charge in [-0.2, -0.15) is 4.72 Å². The van der Waals surface area contributed by atoms with Gasteiger partial charge in [0.25, 0.3) is 5.91 Å². The molecular weight excluding hydrogens is 363 g/mol. The maximum atomic E-state index is 13.7. The maximum absolute atomic E-state index is 13.7. The monoisotopic (exact) mass is 386 g/mol. The highest BCUT2D eigenvalue weighted by Crippen LogP contribution is 2.18. The van der Waals surface area contributed by atoms with Gasteiger partial charge in [0.2, 0.25) is 10.0 Å². The van der Waals surface area contributed by atoms with Crippen molar-refractivity contribution in [3.8, 4) is 0 Å². The van der Waals surface area contributed by atoms with Crippen LogP contribution in [0.4, 0.5) is 4.39 Å². The number of hydrogen-bond acceptors (Lipinski definition) is 5. The first kappa shape index (κ1) is 20.3. The Morgan fingerprint density at radius 2 is 1.81 bits per heavy atom. The lowest BCUT2D eigenvalue weighted by molar-refractivity contribution is -0.156. The van der Waals surface area contributed by atoms with Crippen molar-refractivity contribution < 1.29 is 27.1 Å². The topological polar surface area (TPSA) is 102 Å². The minimum Gasteiger partial charge on any atom is -0.451 e. The van der Waals surface area contributed by atoms with Gasteiger partial charge in [-0.25, -0.2) is 12.8 Å². The number of sulfonamides is 1.